The van der Waals surface area contributed by atoms with Crippen molar-refractivity contribution in [1.29, 1.82) is 0 Å². The summed E-state index contributed by atoms with van der Waals surface area (Å²) in [4.78, 5) is 25.3. The van der Waals surface area contributed by atoms with Crippen LogP contribution in [0.2, 0.25) is 5.28 Å². The second-order valence-corrected chi connectivity index (χ2v) is 7.78. The van der Waals surface area contributed by atoms with Gasteiger partial charge in [-0.3, -0.25) is 0 Å². The molecule has 1 fully saturated rings. The molecule has 0 radical (unpaired) electrons. The van der Waals surface area contributed by atoms with E-state index in [4.69, 9.17) is 11.6 Å². The van der Waals surface area contributed by atoms with Gasteiger partial charge in [-0.2, -0.15) is 0 Å². The fourth-order valence-corrected chi connectivity index (χ4v) is 3.73. The first-order valence-corrected chi connectivity index (χ1v) is 9.60. The van der Waals surface area contributed by atoms with Crippen LogP contribution in [0.4, 0.5) is 16.3 Å². The number of halogens is 1. The van der Waals surface area contributed by atoms with Gasteiger partial charge in [-0.15, -0.1) is 0 Å². The van der Waals surface area contributed by atoms with E-state index in [9.17, 15) is 4.79 Å². The van der Waals surface area contributed by atoms with E-state index < -0.39 is 0 Å². The number of anilines is 2. The molecule has 144 valence electrons. The molecule has 1 aliphatic heterocycles. The smallest absolute Gasteiger partial charge is 0.322 e. The molecule has 1 aliphatic rings. The van der Waals surface area contributed by atoms with Gasteiger partial charge in [0.2, 0.25) is 5.28 Å². The fourth-order valence-electron chi connectivity index (χ4n) is 3.59. The Morgan fingerprint density at radius 3 is 2.56 bits per heavy atom. The van der Waals surface area contributed by atoms with Gasteiger partial charge in [-0.1, -0.05) is 19.9 Å². The number of carbonyl (C=O) groups excluding carboxylic acids is 1. The van der Waals surface area contributed by atoms with Crippen molar-refractivity contribution in [3.8, 4) is 0 Å². The number of aromatic nitrogens is 2. The van der Waals surface area contributed by atoms with Gasteiger partial charge < -0.3 is 15.1 Å². The monoisotopic (exact) mass is 387 g/mol. The average Bonchev–Trinajstić information content (AvgIpc) is 2.60. The highest BCUT2D eigenvalue weighted by Crippen LogP contribution is 2.23. The Balaban J connectivity index is 1.74. The second kappa shape index (κ2) is 8.13. The lowest BCUT2D eigenvalue weighted by molar-refractivity contribution is 0.156. The highest BCUT2D eigenvalue weighted by molar-refractivity contribution is 6.28. The molecule has 0 saturated carbocycles. The van der Waals surface area contributed by atoms with E-state index in [1.165, 1.54) is 0 Å². The third kappa shape index (κ3) is 4.69. The number of benzene rings is 1. The highest BCUT2D eigenvalue weighted by Gasteiger charge is 2.33. The van der Waals surface area contributed by atoms with E-state index in [1.807, 2.05) is 36.9 Å². The predicted octanol–water partition coefficient (Wildman–Crippen LogP) is 4.13. The minimum atomic E-state index is -0.0564. The molecular formula is C20H26ClN5O. The van der Waals surface area contributed by atoms with Gasteiger partial charge in [0, 0.05) is 31.5 Å². The molecule has 1 aromatic carbocycles. The summed E-state index contributed by atoms with van der Waals surface area (Å²) in [5.41, 5.74) is 3.11. The number of urea groups is 1. The topological polar surface area (TPSA) is 61.4 Å². The number of amides is 2. The van der Waals surface area contributed by atoms with Gasteiger partial charge in [-0.25, -0.2) is 14.8 Å². The Labute approximate surface area is 165 Å². The summed E-state index contributed by atoms with van der Waals surface area (Å²) >= 11 is 5.93. The van der Waals surface area contributed by atoms with Crippen molar-refractivity contribution in [3.05, 3.63) is 46.9 Å². The van der Waals surface area contributed by atoms with Crippen molar-refractivity contribution in [2.75, 3.05) is 29.9 Å². The van der Waals surface area contributed by atoms with Gasteiger partial charge in [0.15, 0.2) is 0 Å². The third-order valence-corrected chi connectivity index (χ3v) is 5.04. The molecule has 1 N–H and O–H groups in total. The van der Waals surface area contributed by atoms with Crippen LogP contribution in [0.3, 0.4) is 0 Å². The number of nitrogens with one attached hydrogen (secondary N) is 1. The van der Waals surface area contributed by atoms with Crippen LogP contribution >= 0.6 is 11.6 Å². The van der Waals surface area contributed by atoms with Gasteiger partial charge in [0.05, 0.1) is 6.04 Å². The molecule has 2 amide bonds. The van der Waals surface area contributed by atoms with Gasteiger partial charge >= 0.3 is 6.03 Å². The van der Waals surface area contributed by atoms with Crippen LogP contribution in [0, 0.1) is 19.8 Å². The predicted molar refractivity (Wildman–Crippen MR) is 110 cm³/mol. The quantitative estimate of drug-likeness (QED) is 0.804. The Bertz CT molecular complexity index is 806. The minimum absolute atomic E-state index is 0.0564. The molecule has 3 rings (SSSR count). The summed E-state index contributed by atoms with van der Waals surface area (Å²) in [7, 11) is 0. The van der Waals surface area contributed by atoms with Crippen LogP contribution in [-0.4, -0.2) is 46.6 Å². The van der Waals surface area contributed by atoms with Gasteiger partial charge in [0.25, 0.3) is 0 Å². The summed E-state index contributed by atoms with van der Waals surface area (Å²) in [5.74, 6) is 1.12. The summed E-state index contributed by atoms with van der Waals surface area (Å²) < 4.78 is 0. The molecule has 1 atom stereocenters. The number of piperazine rings is 1. The maximum Gasteiger partial charge on any atom is 0.322 e. The van der Waals surface area contributed by atoms with Crippen molar-refractivity contribution in [3.63, 3.8) is 0 Å². The first kappa shape index (κ1) is 19.4. The largest absolute Gasteiger partial charge is 0.353 e. The maximum atomic E-state index is 13.0. The molecule has 1 saturated heterocycles. The fraction of sp³-hybridized carbons (Fsp3) is 0.450. The molecule has 27 heavy (non-hydrogen) atoms. The van der Waals surface area contributed by atoms with Gasteiger partial charge in [0.1, 0.15) is 5.82 Å². The Morgan fingerprint density at radius 1 is 1.22 bits per heavy atom. The third-order valence-electron chi connectivity index (χ3n) is 4.86. The SMILES string of the molecule is Cc1cc(C)cc(NC(=O)N2CCN(c3ccnc(Cl)n3)CC2C(C)C)c1. The summed E-state index contributed by atoms with van der Waals surface area (Å²) in [6.07, 6.45) is 1.66. The Hall–Kier alpha value is -2.34. The number of rotatable bonds is 3. The summed E-state index contributed by atoms with van der Waals surface area (Å²) in [6.45, 7) is 10.4. The van der Waals surface area contributed by atoms with Crippen molar-refractivity contribution in [2.45, 2.75) is 33.7 Å². The van der Waals surface area contributed by atoms with E-state index in [-0.39, 0.29) is 17.4 Å². The maximum absolute atomic E-state index is 13.0. The van der Waals surface area contributed by atoms with Crippen LogP contribution < -0.4 is 10.2 Å². The zero-order chi connectivity index (χ0) is 19.6. The average molecular weight is 388 g/mol. The van der Waals surface area contributed by atoms with Crippen LogP contribution in [0.1, 0.15) is 25.0 Å². The number of nitrogens with zero attached hydrogens (tertiary/aromatic N) is 4. The number of aryl methyl sites for hydroxylation is 2. The molecule has 2 aromatic rings. The van der Waals surface area contributed by atoms with Crippen molar-refractivity contribution in [1.82, 2.24) is 14.9 Å². The zero-order valence-corrected chi connectivity index (χ0v) is 17.0. The van der Waals surface area contributed by atoms with Crippen LogP contribution in [0.15, 0.2) is 30.5 Å². The van der Waals surface area contributed by atoms with Crippen molar-refractivity contribution in [2.24, 2.45) is 5.92 Å². The minimum Gasteiger partial charge on any atom is -0.353 e. The molecule has 2 heterocycles. The molecule has 6 nitrogen and oxygen atoms in total. The first-order valence-electron chi connectivity index (χ1n) is 9.23. The first-order chi connectivity index (χ1) is 12.8. The molecule has 7 heteroatoms. The number of hydrogen-bond donors (Lipinski definition) is 1. The lowest BCUT2D eigenvalue weighted by Crippen LogP contribution is -2.58. The molecule has 1 unspecified atom stereocenters. The Kier molecular flexibility index (Phi) is 5.85. The Morgan fingerprint density at radius 2 is 1.93 bits per heavy atom. The van der Waals surface area contributed by atoms with Crippen molar-refractivity contribution >= 4 is 29.1 Å². The molecular weight excluding hydrogens is 362 g/mol. The normalized spacial score (nSPS) is 17.3. The summed E-state index contributed by atoms with van der Waals surface area (Å²) in [5, 5.41) is 3.30. The number of carbonyl (C=O) groups is 1. The van der Waals surface area contributed by atoms with Crippen LogP contribution in [0.5, 0.6) is 0 Å². The van der Waals surface area contributed by atoms with E-state index in [0.717, 1.165) is 22.6 Å². The molecule has 0 bridgehead atoms. The van der Waals surface area contributed by atoms with Crippen molar-refractivity contribution < 1.29 is 4.79 Å². The molecule has 0 aliphatic carbocycles. The summed E-state index contributed by atoms with van der Waals surface area (Å²) in [6, 6.07) is 7.97. The highest BCUT2D eigenvalue weighted by atomic mass is 35.5. The second-order valence-electron chi connectivity index (χ2n) is 7.44. The lowest BCUT2D eigenvalue weighted by atomic mass is 10.00. The zero-order valence-electron chi connectivity index (χ0n) is 16.2. The van der Waals surface area contributed by atoms with E-state index in [1.54, 1.807) is 6.20 Å². The standard InChI is InChI=1S/C20H26ClN5O/c1-13(2)17-12-25(18-5-6-22-19(21)24-18)7-8-26(17)20(27)23-16-10-14(3)9-15(4)11-16/h5-6,9-11,13,17H,7-8,12H2,1-4H3,(H,23,27). The van der Waals surface area contributed by atoms with E-state index in [2.05, 4.69) is 40.1 Å². The van der Waals surface area contributed by atoms with E-state index >= 15 is 0 Å². The molecule has 1 aromatic heterocycles. The molecule has 0 spiro atoms. The number of hydrogen-bond acceptors (Lipinski definition) is 4. The van der Waals surface area contributed by atoms with Crippen LogP contribution in [-0.2, 0) is 0 Å². The lowest BCUT2D eigenvalue weighted by Gasteiger charge is -2.43. The van der Waals surface area contributed by atoms with E-state index in [0.29, 0.717) is 25.6 Å². The van der Waals surface area contributed by atoms with Gasteiger partial charge in [-0.05, 0) is 60.7 Å². The van der Waals surface area contributed by atoms with Crippen LogP contribution in [0.25, 0.3) is 0 Å².